The average Bonchev–Trinajstić information content (AvgIpc) is 2.40. The van der Waals surface area contributed by atoms with E-state index in [-0.39, 0.29) is 12.4 Å². The summed E-state index contributed by atoms with van der Waals surface area (Å²) in [6.07, 6.45) is 13.7. The lowest BCUT2D eigenvalue weighted by Gasteiger charge is -2.26. The molecule has 0 aliphatic carbocycles. The van der Waals surface area contributed by atoms with Crippen LogP contribution in [-0.2, 0) is 9.47 Å². The van der Waals surface area contributed by atoms with Gasteiger partial charge in [0.1, 0.15) is 0 Å². The summed E-state index contributed by atoms with van der Waals surface area (Å²) in [5.41, 5.74) is 0. The van der Waals surface area contributed by atoms with E-state index < -0.39 is 0 Å². The Morgan fingerprint density at radius 2 is 2.11 bits per heavy atom. The zero-order chi connectivity index (χ0) is 13.1. The quantitative estimate of drug-likeness (QED) is 0.412. The highest BCUT2D eigenvalue weighted by atomic mass is 127. The fraction of sp³-hybridized carbons (Fsp3) is 0.867. The summed E-state index contributed by atoms with van der Waals surface area (Å²) in [6, 6.07) is 0. The van der Waals surface area contributed by atoms with Gasteiger partial charge in [0, 0.05) is 6.61 Å². The van der Waals surface area contributed by atoms with E-state index in [4.69, 9.17) is 9.47 Å². The van der Waals surface area contributed by atoms with E-state index in [1.165, 1.54) is 44.9 Å². The Hall–Kier alpha value is 0.390. The van der Waals surface area contributed by atoms with Crippen molar-refractivity contribution in [2.24, 2.45) is 0 Å². The van der Waals surface area contributed by atoms with Gasteiger partial charge in [-0.3, -0.25) is 0 Å². The monoisotopic (exact) mass is 366 g/mol. The highest BCUT2D eigenvalue weighted by Gasteiger charge is 2.17. The largest absolute Gasteiger partial charge is 0.353 e. The molecule has 0 radical (unpaired) electrons. The van der Waals surface area contributed by atoms with Crippen molar-refractivity contribution in [2.45, 2.75) is 77.1 Å². The SMILES string of the molecule is CCCCCCCC(C=CI)OC1CCCCO1. The van der Waals surface area contributed by atoms with Crippen LogP contribution < -0.4 is 0 Å². The van der Waals surface area contributed by atoms with E-state index in [2.05, 4.69) is 39.7 Å². The van der Waals surface area contributed by atoms with Crippen molar-refractivity contribution in [1.82, 2.24) is 0 Å². The number of hydrogen-bond donors (Lipinski definition) is 0. The second kappa shape index (κ2) is 11.2. The van der Waals surface area contributed by atoms with Crippen LogP contribution in [0.5, 0.6) is 0 Å². The third-order valence-corrected chi connectivity index (χ3v) is 3.76. The summed E-state index contributed by atoms with van der Waals surface area (Å²) in [5.74, 6) is 0. The van der Waals surface area contributed by atoms with Crippen molar-refractivity contribution >= 4 is 22.6 Å². The zero-order valence-corrected chi connectivity index (χ0v) is 13.7. The molecule has 106 valence electrons. The predicted octanol–water partition coefficient (Wildman–Crippen LogP) is 5.21. The maximum Gasteiger partial charge on any atom is 0.158 e. The van der Waals surface area contributed by atoms with Crippen LogP contribution in [0.4, 0.5) is 0 Å². The fourth-order valence-electron chi connectivity index (χ4n) is 2.25. The molecule has 0 amide bonds. The number of rotatable bonds is 9. The van der Waals surface area contributed by atoms with Crippen molar-refractivity contribution in [3.63, 3.8) is 0 Å². The molecule has 2 unspecified atom stereocenters. The molecule has 1 rings (SSSR count). The van der Waals surface area contributed by atoms with Crippen molar-refractivity contribution in [3.8, 4) is 0 Å². The number of unbranched alkanes of at least 4 members (excludes halogenated alkanes) is 4. The number of ether oxygens (including phenoxy) is 2. The molecule has 1 saturated heterocycles. The molecule has 0 aromatic rings. The molecule has 1 fully saturated rings. The first-order valence-electron chi connectivity index (χ1n) is 7.40. The number of halogens is 1. The van der Waals surface area contributed by atoms with Crippen LogP contribution in [-0.4, -0.2) is 19.0 Å². The van der Waals surface area contributed by atoms with E-state index >= 15 is 0 Å². The molecule has 18 heavy (non-hydrogen) atoms. The minimum Gasteiger partial charge on any atom is -0.353 e. The molecule has 0 spiro atoms. The Bertz CT molecular complexity index is 213. The molecule has 0 saturated carbocycles. The molecule has 1 heterocycles. The van der Waals surface area contributed by atoms with Crippen molar-refractivity contribution in [1.29, 1.82) is 0 Å². The molecular formula is C15H27IO2. The molecule has 2 nitrogen and oxygen atoms in total. The lowest BCUT2D eigenvalue weighted by Crippen LogP contribution is -2.27. The summed E-state index contributed by atoms with van der Waals surface area (Å²) in [4.78, 5) is 0. The van der Waals surface area contributed by atoms with Gasteiger partial charge in [-0.05, 0) is 35.8 Å². The second-order valence-electron chi connectivity index (χ2n) is 4.99. The van der Waals surface area contributed by atoms with Gasteiger partial charge in [-0.2, -0.15) is 0 Å². The lowest BCUT2D eigenvalue weighted by molar-refractivity contribution is -0.179. The maximum absolute atomic E-state index is 6.02. The van der Waals surface area contributed by atoms with Crippen LogP contribution in [0.3, 0.4) is 0 Å². The third kappa shape index (κ3) is 7.74. The Kier molecular flexibility index (Phi) is 10.3. The van der Waals surface area contributed by atoms with Gasteiger partial charge in [-0.15, -0.1) is 0 Å². The van der Waals surface area contributed by atoms with Gasteiger partial charge >= 0.3 is 0 Å². The average molecular weight is 366 g/mol. The van der Waals surface area contributed by atoms with E-state index in [0.717, 1.165) is 19.4 Å². The van der Waals surface area contributed by atoms with Crippen LogP contribution in [0.25, 0.3) is 0 Å². The van der Waals surface area contributed by atoms with Crippen LogP contribution in [0, 0.1) is 0 Å². The summed E-state index contributed by atoms with van der Waals surface area (Å²) >= 11 is 2.27. The maximum atomic E-state index is 6.02. The van der Waals surface area contributed by atoms with Gasteiger partial charge in [-0.25, -0.2) is 0 Å². The summed E-state index contributed by atoms with van der Waals surface area (Å²) in [5, 5.41) is 0. The Morgan fingerprint density at radius 1 is 1.28 bits per heavy atom. The Balaban J connectivity index is 2.17. The Labute approximate surface area is 126 Å². The van der Waals surface area contributed by atoms with E-state index in [1.54, 1.807) is 0 Å². The van der Waals surface area contributed by atoms with Crippen LogP contribution >= 0.6 is 22.6 Å². The van der Waals surface area contributed by atoms with Crippen molar-refractivity contribution < 1.29 is 9.47 Å². The highest BCUT2D eigenvalue weighted by Crippen LogP contribution is 2.19. The van der Waals surface area contributed by atoms with Crippen molar-refractivity contribution in [3.05, 3.63) is 10.2 Å². The number of hydrogen-bond acceptors (Lipinski definition) is 2. The molecule has 0 N–H and O–H groups in total. The zero-order valence-electron chi connectivity index (χ0n) is 11.6. The lowest BCUT2D eigenvalue weighted by atomic mass is 10.1. The standard InChI is InChI=1S/C15H27IO2/c1-2-3-4-5-6-9-14(11-12-16)18-15-10-7-8-13-17-15/h11-12,14-15H,2-10,13H2,1H3. The van der Waals surface area contributed by atoms with Crippen molar-refractivity contribution in [2.75, 3.05) is 6.61 Å². The first-order chi connectivity index (χ1) is 8.86. The predicted molar refractivity (Wildman–Crippen MR) is 85.0 cm³/mol. The molecule has 1 aliphatic rings. The van der Waals surface area contributed by atoms with Gasteiger partial charge in [0.15, 0.2) is 6.29 Å². The third-order valence-electron chi connectivity index (χ3n) is 3.34. The van der Waals surface area contributed by atoms with E-state index in [0.29, 0.717) is 0 Å². The highest BCUT2D eigenvalue weighted by molar-refractivity contribution is 14.1. The smallest absolute Gasteiger partial charge is 0.158 e. The summed E-state index contributed by atoms with van der Waals surface area (Å²) < 4.78 is 13.7. The van der Waals surface area contributed by atoms with E-state index in [9.17, 15) is 0 Å². The first-order valence-corrected chi connectivity index (χ1v) is 8.65. The minimum absolute atomic E-state index is 0.0343. The van der Waals surface area contributed by atoms with Crippen LogP contribution in [0.1, 0.15) is 64.7 Å². The van der Waals surface area contributed by atoms with Gasteiger partial charge < -0.3 is 9.47 Å². The van der Waals surface area contributed by atoms with Gasteiger partial charge in [0.05, 0.1) is 6.10 Å². The van der Waals surface area contributed by atoms with Gasteiger partial charge in [0.25, 0.3) is 0 Å². The minimum atomic E-state index is 0.0343. The molecule has 2 atom stereocenters. The van der Waals surface area contributed by atoms with Crippen LogP contribution in [0.15, 0.2) is 10.2 Å². The van der Waals surface area contributed by atoms with E-state index in [1.807, 2.05) is 0 Å². The summed E-state index contributed by atoms with van der Waals surface area (Å²) in [6.45, 7) is 3.12. The topological polar surface area (TPSA) is 18.5 Å². The molecule has 0 aromatic heterocycles. The van der Waals surface area contributed by atoms with Crippen LogP contribution in [0.2, 0.25) is 0 Å². The Morgan fingerprint density at radius 3 is 2.78 bits per heavy atom. The first kappa shape index (κ1) is 16.4. The normalized spacial score (nSPS) is 22.4. The second-order valence-corrected chi connectivity index (χ2v) is 5.71. The van der Waals surface area contributed by atoms with Gasteiger partial charge in [0.2, 0.25) is 0 Å². The molecule has 0 aromatic carbocycles. The molecule has 0 bridgehead atoms. The molecular weight excluding hydrogens is 339 g/mol. The van der Waals surface area contributed by atoms with Gasteiger partial charge in [-0.1, -0.05) is 61.6 Å². The molecule has 3 heteroatoms. The summed E-state index contributed by atoms with van der Waals surface area (Å²) in [7, 11) is 0. The molecule has 1 aliphatic heterocycles. The fourth-order valence-corrected chi connectivity index (χ4v) is 2.72.